The van der Waals surface area contributed by atoms with E-state index in [0.29, 0.717) is 45.8 Å². The molecule has 0 aliphatic carbocycles. The van der Waals surface area contributed by atoms with Gasteiger partial charge in [-0.2, -0.15) is 0 Å². The van der Waals surface area contributed by atoms with E-state index in [4.69, 9.17) is 32.7 Å². The minimum Gasteiger partial charge on any atom is -0.454 e. The molecule has 214 valence electrons. The summed E-state index contributed by atoms with van der Waals surface area (Å²) in [4.78, 5) is 28.2. The van der Waals surface area contributed by atoms with E-state index in [2.05, 4.69) is 5.32 Å². The van der Waals surface area contributed by atoms with Crippen molar-refractivity contribution in [2.75, 3.05) is 30.4 Å². The van der Waals surface area contributed by atoms with Gasteiger partial charge in [0, 0.05) is 47.7 Å². The van der Waals surface area contributed by atoms with Gasteiger partial charge in [0.1, 0.15) is 6.04 Å². The summed E-state index contributed by atoms with van der Waals surface area (Å²) in [5, 5.41) is 3.70. The molecule has 39 heavy (non-hydrogen) atoms. The summed E-state index contributed by atoms with van der Waals surface area (Å²) in [6, 6.07) is 9.21. The van der Waals surface area contributed by atoms with Crippen LogP contribution in [0, 0.1) is 5.92 Å². The molecular formula is C27H35Cl2N3O6S. The first-order valence-corrected chi connectivity index (χ1v) is 15.4. The molecule has 1 unspecified atom stereocenters. The zero-order valence-electron chi connectivity index (χ0n) is 22.6. The first kappa shape index (κ1) is 30.8. The summed E-state index contributed by atoms with van der Waals surface area (Å²) in [7, 11) is -3.65. The summed E-state index contributed by atoms with van der Waals surface area (Å²) < 4.78 is 37.1. The predicted molar refractivity (Wildman–Crippen MR) is 153 cm³/mol. The summed E-state index contributed by atoms with van der Waals surface area (Å²) in [5.74, 6) is 0.667. The predicted octanol–water partition coefficient (Wildman–Crippen LogP) is 4.85. The molecule has 2 aromatic carbocycles. The summed E-state index contributed by atoms with van der Waals surface area (Å²) in [6.07, 6.45) is 1.71. The second-order valence-electron chi connectivity index (χ2n) is 9.76. The van der Waals surface area contributed by atoms with Gasteiger partial charge in [-0.15, -0.1) is 0 Å². The molecule has 1 heterocycles. The molecule has 9 nitrogen and oxygen atoms in total. The molecule has 2 amide bonds. The van der Waals surface area contributed by atoms with Crippen molar-refractivity contribution in [2.24, 2.45) is 5.92 Å². The molecule has 1 aliphatic rings. The third-order valence-electron chi connectivity index (χ3n) is 6.26. The van der Waals surface area contributed by atoms with Gasteiger partial charge < -0.3 is 19.7 Å². The lowest BCUT2D eigenvalue weighted by molar-refractivity contribution is -0.141. The van der Waals surface area contributed by atoms with Crippen LogP contribution in [0.2, 0.25) is 10.0 Å². The maximum atomic E-state index is 13.6. The fraction of sp³-hybridized carbons (Fsp3) is 0.481. The van der Waals surface area contributed by atoms with Crippen molar-refractivity contribution in [3.05, 3.63) is 52.0 Å². The zero-order valence-corrected chi connectivity index (χ0v) is 24.9. The molecule has 12 heteroatoms. The number of benzene rings is 2. The Morgan fingerprint density at radius 3 is 2.36 bits per heavy atom. The van der Waals surface area contributed by atoms with Gasteiger partial charge in [-0.25, -0.2) is 8.42 Å². The molecule has 0 bridgehead atoms. The highest BCUT2D eigenvalue weighted by Gasteiger charge is 2.30. The molecular weight excluding hydrogens is 565 g/mol. The molecule has 0 saturated carbocycles. The Hall–Kier alpha value is -2.69. The topological polar surface area (TPSA) is 105 Å². The minimum atomic E-state index is -3.65. The fourth-order valence-electron chi connectivity index (χ4n) is 4.24. The van der Waals surface area contributed by atoms with Crippen LogP contribution in [0.1, 0.15) is 45.6 Å². The normalized spacial score (nSPS) is 13.3. The Bertz CT molecular complexity index is 1270. The van der Waals surface area contributed by atoms with Crippen LogP contribution in [-0.4, -0.2) is 57.3 Å². The van der Waals surface area contributed by atoms with E-state index in [9.17, 15) is 18.0 Å². The number of ether oxygens (including phenoxy) is 2. The number of fused-ring (bicyclic) bond motifs is 1. The van der Waals surface area contributed by atoms with Crippen molar-refractivity contribution in [2.45, 2.75) is 52.6 Å². The van der Waals surface area contributed by atoms with Crippen LogP contribution in [-0.2, 0) is 26.2 Å². The van der Waals surface area contributed by atoms with Gasteiger partial charge in [0.05, 0.1) is 11.9 Å². The lowest BCUT2D eigenvalue weighted by atomic mass is 10.1. The van der Waals surface area contributed by atoms with Crippen LogP contribution in [0.15, 0.2) is 36.4 Å². The Morgan fingerprint density at radius 1 is 1.08 bits per heavy atom. The maximum absolute atomic E-state index is 13.6. The van der Waals surface area contributed by atoms with Crippen LogP contribution in [0.3, 0.4) is 0 Å². The average molecular weight is 601 g/mol. The van der Waals surface area contributed by atoms with Crippen molar-refractivity contribution in [1.29, 1.82) is 0 Å². The van der Waals surface area contributed by atoms with Crippen LogP contribution in [0.5, 0.6) is 11.5 Å². The Morgan fingerprint density at radius 2 is 1.74 bits per heavy atom. The third kappa shape index (κ3) is 8.16. The van der Waals surface area contributed by atoms with E-state index in [1.165, 1.54) is 9.21 Å². The number of nitrogens with one attached hydrogen (secondary N) is 1. The first-order valence-electron chi connectivity index (χ1n) is 12.8. The number of amides is 2. The maximum Gasteiger partial charge on any atom is 0.242 e. The molecule has 3 rings (SSSR count). The molecule has 0 aromatic heterocycles. The van der Waals surface area contributed by atoms with E-state index in [1.807, 2.05) is 20.8 Å². The van der Waals surface area contributed by atoms with Gasteiger partial charge >= 0.3 is 0 Å². The van der Waals surface area contributed by atoms with Gasteiger partial charge in [-0.3, -0.25) is 13.9 Å². The Balaban J connectivity index is 1.80. The lowest BCUT2D eigenvalue weighted by Crippen LogP contribution is -2.49. The zero-order chi connectivity index (χ0) is 28.7. The molecule has 0 saturated heterocycles. The number of sulfonamides is 1. The van der Waals surface area contributed by atoms with Crippen molar-refractivity contribution >= 4 is 50.7 Å². The van der Waals surface area contributed by atoms with Gasteiger partial charge in [0.15, 0.2) is 11.5 Å². The highest BCUT2D eigenvalue weighted by molar-refractivity contribution is 7.92. The summed E-state index contributed by atoms with van der Waals surface area (Å²) in [5.41, 5.74) is 0.954. The third-order valence-corrected chi connectivity index (χ3v) is 8.16. The molecule has 1 N–H and O–H groups in total. The van der Waals surface area contributed by atoms with Gasteiger partial charge in [0.2, 0.25) is 28.6 Å². The fourth-order valence-corrected chi connectivity index (χ4v) is 5.71. The number of hydrogen-bond donors (Lipinski definition) is 1. The summed E-state index contributed by atoms with van der Waals surface area (Å²) in [6.45, 7) is 6.45. The number of carbonyl (C=O) groups is 2. The van der Waals surface area contributed by atoms with Crippen LogP contribution in [0.4, 0.5) is 5.69 Å². The first-order chi connectivity index (χ1) is 18.4. The number of rotatable bonds is 13. The number of hydrogen-bond acceptors (Lipinski definition) is 6. The smallest absolute Gasteiger partial charge is 0.242 e. The number of anilines is 1. The SMILES string of the molecule is CCC(C(=O)NCC(C)C)N(Cc1c(Cl)cccc1Cl)C(=O)CCCN(c1ccc2c(c1)OCO2)S(C)(=O)=O. The van der Waals surface area contributed by atoms with E-state index >= 15 is 0 Å². The molecule has 0 radical (unpaired) electrons. The standard InChI is InChI=1S/C27H35Cl2N3O6S/c1-5-23(27(34)30-15-18(2)3)31(16-20-21(28)8-6-9-22(20)29)26(33)10-7-13-32(39(4,35)36)19-11-12-24-25(14-19)38-17-37-24/h6,8-9,11-12,14,18,23H,5,7,10,13,15-17H2,1-4H3,(H,30,34). The second kappa shape index (κ2) is 13.6. The van der Waals surface area contributed by atoms with Gasteiger partial charge in [-0.05, 0) is 43.0 Å². The van der Waals surface area contributed by atoms with E-state index in [-0.39, 0.29) is 50.5 Å². The summed E-state index contributed by atoms with van der Waals surface area (Å²) >= 11 is 12.8. The van der Waals surface area contributed by atoms with Crippen molar-refractivity contribution in [3.63, 3.8) is 0 Å². The second-order valence-corrected chi connectivity index (χ2v) is 12.5. The van der Waals surface area contributed by atoms with Crippen molar-refractivity contribution in [1.82, 2.24) is 10.2 Å². The quantitative estimate of drug-likeness (QED) is 0.353. The lowest BCUT2D eigenvalue weighted by Gasteiger charge is -2.32. The van der Waals surface area contributed by atoms with Crippen molar-refractivity contribution in [3.8, 4) is 11.5 Å². The van der Waals surface area contributed by atoms with Crippen LogP contribution in [0.25, 0.3) is 0 Å². The van der Waals surface area contributed by atoms with Crippen LogP contribution >= 0.6 is 23.2 Å². The van der Waals surface area contributed by atoms with Crippen molar-refractivity contribution < 1.29 is 27.5 Å². The average Bonchev–Trinajstić information content (AvgIpc) is 3.34. The minimum absolute atomic E-state index is 0.00655. The number of carbonyl (C=O) groups excluding carboxylic acids is 2. The number of halogens is 2. The van der Waals surface area contributed by atoms with Crippen LogP contribution < -0.4 is 19.1 Å². The van der Waals surface area contributed by atoms with Gasteiger partial charge in [-0.1, -0.05) is 50.0 Å². The number of nitrogens with zero attached hydrogens (tertiary/aromatic N) is 2. The highest BCUT2D eigenvalue weighted by Crippen LogP contribution is 2.36. The molecule has 1 atom stereocenters. The Labute approximate surface area is 240 Å². The molecule has 1 aliphatic heterocycles. The van der Waals surface area contributed by atoms with E-state index in [0.717, 1.165) is 6.26 Å². The largest absolute Gasteiger partial charge is 0.454 e. The molecule has 2 aromatic rings. The molecule has 0 fully saturated rings. The molecule has 0 spiro atoms. The van der Waals surface area contributed by atoms with E-state index in [1.54, 1.807) is 36.4 Å². The highest BCUT2D eigenvalue weighted by atomic mass is 35.5. The monoisotopic (exact) mass is 599 g/mol. The Kier molecular flexibility index (Phi) is 10.7. The van der Waals surface area contributed by atoms with Gasteiger partial charge in [0.25, 0.3) is 0 Å². The van der Waals surface area contributed by atoms with E-state index < -0.39 is 16.1 Å².